The van der Waals surface area contributed by atoms with E-state index in [9.17, 15) is 8.42 Å². The number of sulfonamides is 1. The van der Waals surface area contributed by atoms with Crippen molar-refractivity contribution in [2.24, 2.45) is 5.73 Å². The van der Waals surface area contributed by atoms with E-state index >= 15 is 0 Å². The smallest absolute Gasteiger partial charge is 0.263 e. The maximum Gasteiger partial charge on any atom is 0.263 e. The van der Waals surface area contributed by atoms with Gasteiger partial charge in [-0.2, -0.15) is 0 Å². The summed E-state index contributed by atoms with van der Waals surface area (Å²) in [6.45, 7) is 1.69. The van der Waals surface area contributed by atoms with Crippen LogP contribution in [0.15, 0.2) is 40.1 Å². The highest BCUT2D eigenvalue weighted by molar-refractivity contribution is 9.10. The van der Waals surface area contributed by atoms with E-state index in [1.807, 2.05) is 0 Å². The van der Waals surface area contributed by atoms with Gasteiger partial charge in [0, 0.05) is 5.56 Å². The number of aryl methyl sites for hydroxylation is 1. The number of nitrogens with zero attached hydrogens (tertiary/aromatic N) is 2. The number of benzene rings is 1. The molecule has 0 bridgehead atoms. The molecule has 0 unspecified atom stereocenters. The third-order valence-electron chi connectivity index (χ3n) is 2.62. The summed E-state index contributed by atoms with van der Waals surface area (Å²) in [6.07, 6.45) is 2.71. The third-order valence-corrected chi connectivity index (χ3v) is 4.76. The van der Waals surface area contributed by atoms with Crippen LogP contribution in [-0.2, 0) is 10.0 Å². The molecule has 0 spiro atoms. The Bertz CT molecular complexity index is 791. The summed E-state index contributed by atoms with van der Waals surface area (Å²) in [6, 6.07) is 4.76. The molecule has 1 aromatic heterocycles. The second-order valence-electron chi connectivity index (χ2n) is 4.17. The van der Waals surface area contributed by atoms with Crippen LogP contribution in [0.5, 0.6) is 0 Å². The van der Waals surface area contributed by atoms with Gasteiger partial charge in [-0.1, -0.05) is 24.4 Å². The molecule has 1 heterocycles. The predicted molar refractivity (Wildman–Crippen MR) is 87.6 cm³/mol. The van der Waals surface area contributed by atoms with Crippen molar-refractivity contribution >= 4 is 49.0 Å². The van der Waals surface area contributed by atoms with Gasteiger partial charge in [0.25, 0.3) is 10.0 Å². The fourth-order valence-corrected chi connectivity index (χ4v) is 3.20. The molecular formula is C12H11BrN4O2S2. The van der Waals surface area contributed by atoms with Gasteiger partial charge in [0.05, 0.1) is 17.3 Å². The number of thiocarbonyl (C=S) groups is 1. The van der Waals surface area contributed by atoms with Crippen molar-refractivity contribution in [3.8, 4) is 0 Å². The molecule has 0 aliphatic carbocycles. The molecular weight excluding hydrogens is 376 g/mol. The lowest BCUT2D eigenvalue weighted by Crippen LogP contribution is -2.17. The summed E-state index contributed by atoms with van der Waals surface area (Å²) in [5.41, 5.74) is 6.59. The number of anilines is 1. The number of halogens is 1. The molecule has 0 fully saturated rings. The van der Waals surface area contributed by atoms with Gasteiger partial charge in [-0.3, -0.25) is 4.72 Å². The fraction of sp³-hybridized carbons (Fsp3) is 0.0833. The van der Waals surface area contributed by atoms with E-state index in [4.69, 9.17) is 18.0 Å². The first-order valence-corrected chi connectivity index (χ1v) is 8.39. The average molecular weight is 387 g/mol. The van der Waals surface area contributed by atoms with Gasteiger partial charge < -0.3 is 5.73 Å². The fourth-order valence-electron chi connectivity index (χ4n) is 1.60. The minimum Gasteiger partial charge on any atom is -0.389 e. The van der Waals surface area contributed by atoms with Crippen LogP contribution in [0.2, 0.25) is 0 Å². The maximum atomic E-state index is 12.4. The number of aromatic nitrogens is 2. The summed E-state index contributed by atoms with van der Waals surface area (Å²) in [4.78, 5) is 8.07. The Morgan fingerprint density at radius 1 is 1.33 bits per heavy atom. The Morgan fingerprint density at radius 2 is 2.05 bits per heavy atom. The highest BCUT2D eigenvalue weighted by Crippen LogP contribution is 2.20. The highest BCUT2D eigenvalue weighted by Gasteiger charge is 2.18. The van der Waals surface area contributed by atoms with Crippen molar-refractivity contribution in [3.63, 3.8) is 0 Å². The zero-order chi connectivity index (χ0) is 15.6. The lowest BCUT2D eigenvalue weighted by molar-refractivity contribution is 0.600. The third kappa shape index (κ3) is 3.74. The molecule has 0 saturated carbocycles. The van der Waals surface area contributed by atoms with E-state index in [1.54, 1.807) is 19.1 Å². The van der Waals surface area contributed by atoms with Crippen LogP contribution in [0.3, 0.4) is 0 Å². The van der Waals surface area contributed by atoms with Crippen molar-refractivity contribution in [1.29, 1.82) is 0 Å². The number of hydrogen-bond donors (Lipinski definition) is 2. The molecule has 9 heteroatoms. The molecule has 6 nitrogen and oxygen atoms in total. The number of nitrogens with one attached hydrogen (secondary N) is 1. The summed E-state index contributed by atoms with van der Waals surface area (Å²) in [5.74, 6) is 0.123. The molecule has 0 amide bonds. The second kappa shape index (κ2) is 6.04. The largest absolute Gasteiger partial charge is 0.389 e. The van der Waals surface area contributed by atoms with Crippen LogP contribution in [0, 0.1) is 6.92 Å². The summed E-state index contributed by atoms with van der Waals surface area (Å²) < 4.78 is 27.7. The molecule has 2 aromatic rings. The van der Waals surface area contributed by atoms with E-state index in [-0.39, 0.29) is 15.7 Å². The second-order valence-corrected chi connectivity index (χ2v) is 7.08. The molecule has 110 valence electrons. The van der Waals surface area contributed by atoms with Crippen LogP contribution in [0.1, 0.15) is 11.1 Å². The molecule has 21 heavy (non-hydrogen) atoms. The Balaban J connectivity index is 2.41. The number of hydrogen-bond acceptors (Lipinski definition) is 5. The molecule has 1 aromatic carbocycles. The Hall–Kier alpha value is -1.58. The van der Waals surface area contributed by atoms with Crippen LogP contribution in [0.25, 0.3) is 0 Å². The zero-order valence-corrected chi connectivity index (χ0v) is 14.1. The summed E-state index contributed by atoms with van der Waals surface area (Å²) in [7, 11) is -3.80. The van der Waals surface area contributed by atoms with Crippen molar-refractivity contribution in [2.75, 3.05) is 4.72 Å². The van der Waals surface area contributed by atoms with Gasteiger partial charge in [0.1, 0.15) is 9.59 Å². The van der Waals surface area contributed by atoms with Crippen molar-refractivity contribution in [3.05, 3.63) is 46.3 Å². The van der Waals surface area contributed by atoms with Crippen LogP contribution >= 0.6 is 28.1 Å². The topological polar surface area (TPSA) is 98.0 Å². The Labute approximate surface area is 136 Å². The molecule has 0 radical (unpaired) electrons. The predicted octanol–water partition coefficient (Wildman–Crippen LogP) is 1.98. The lowest BCUT2D eigenvalue weighted by Gasteiger charge is -2.11. The van der Waals surface area contributed by atoms with E-state index in [0.717, 1.165) is 0 Å². The monoisotopic (exact) mass is 386 g/mol. The Morgan fingerprint density at radius 3 is 2.62 bits per heavy atom. The molecule has 0 aliphatic rings. The summed E-state index contributed by atoms with van der Waals surface area (Å²) >= 11 is 7.99. The molecule has 0 atom stereocenters. The number of nitrogens with two attached hydrogens (primary N) is 1. The van der Waals surface area contributed by atoms with Gasteiger partial charge in [-0.15, -0.1) is 0 Å². The van der Waals surface area contributed by atoms with Crippen molar-refractivity contribution < 1.29 is 8.42 Å². The van der Waals surface area contributed by atoms with E-state index in [2.05, 4.69) is 30.6 Å². The summed E-state index contributed by atoms with van der Waals surface area (Å²) in [5, 5.41) is 0. The minimum absolute atomic E-state index is 0.0949. The van der Waals surface area contributed by atoms with E-state index < -0.39 is 10.0 Å². The first-order valence-electron chi connectivity index (χ1n) is 5.70. The SMILES string of the molecule is Cc1ccc(C(N)=S)cc1S(=O)(=O)Nc1cnc(Br)cn1. The highest BCUT2D eigenvalue weighted by atomic mass is 79.9. The molecule has 2 rings (SSSR count). The first kappa shape index (κ1) is 15.8. The number of rotatable bonds is 4. The van der Waals surface area contributed by atoms with Crippen LogP contribution in [0.4, 0.5) is 5.82 Å². The van der Waals surface area contributed by atoms with Crippen LogP contribution < -0.4 is 10.5 Å². The molecule has 3 N–H and O–H groups in total. The Kier molecular flexibility index (Phi) is 4.55. The normalized spacial score (nSPS) is 11.1. The van der Waals surface area contributed by atoms with Crippen molar-refractivity contribution in [2.45, 2.75) is 11.8 Å². The van der Waals surface area contributed by atoms with Crippen molar-refractivity contribution in [1.82, 2.24) is 9.97 Å². The maximum absolute atomic E-state index is 12.4. The van der Waals surface area contributed by atoms with Gasteiger partial charge >= 0.3 is 0 Å². The first-order chi connectivity index (χ1) is 9.79. The quantitative estimate of drug-likeness (QED) is 0.779. The minimum atomic E-state index is -3.80. The van der Waals surface area contributed by atoms with Gasteiger partial charge in [0.15, 0.2) is 5.82 Å². The van der Waals surface area contributed by atoms with Gasteiger partial charge in [-0.05, 0) is 34.5 Å². The molecule has 0 saturated heterocycles. The average Bonchev–Trinajstić information content (AvgIpc) is 2.41. The van der Waals surface area contributed by atoms with Crippen LogP contribution in [-0.4, -0.2) is 23.4 Å². The van der Waals surface area contributed by atoms with Gasteiger partial charge in [0.2, 0.25) is 0 Å². The lowest BCUT2D eigenvalue weighted by atomic mass is 10.1. The standard InChI is InChI=1S/C12H11BrN4O2S2/c1-7-2-3-8(12(14)20)4-9(7)21(18,19)17-11-6-15-10(13)5-16-11/h2-6H,1H3,(H2,14,20)(H,16,17). The van der Waals surface area contributed by atoms with E-state index in [0.29, 0.717) is 15.7 Å². The zero-order valence-electron chi connectivity index (χ0n) is 10.9. The van der Waals surface area contributed by atoms with E-state index in [1.165, 1.54) is 18.5 Å². The molecule has 0 aliphatic heterocycles. The van der Waals surface area contributed by atoms with Gasteiger partial charge in [-0.25, -0.2) is 18.4 Å².